The van der Waals surface area contributed by atoms with Crippen molar-refractivity contribution in [3.05, 3.63) is 48.5 Å². The number of unbranched alkanes of at least 4 members (excludes halogenated alkanes) is 2. The molecule has 1 aromatic heterocycles. The quantitative estimate of drug-likeness (QED) is 0.553. The highest BCUT2D eigenvalue weighted by Crippen LogP contribution is 2.13. The second-order valence-corrected chi connectivity index (χ2v) is 3.88. The molecule has 2 aromatic rings. The van der Waals surface area contributed by atoms with E-state index in [1.54, 1.807) is 0 Å². The molecule has 1 aromatic carbocycles. The van der Waals surface area contributed by atoms with E-state index in [0.29, 0.717) is 0 Å². The molecule has 0 aliphatic rings. The minimum absolute atomic E-state index is 0.758. The number of rotatable bonds is 4. The summed E-state index contributed by atoms with van der Waals surface area (Å²) in [6.45, 7) is 0. The maximum Gasteiger partial charge on any atom is 0.0705 e. The summed E-state index contributed by atoms with van der Waals surface area (Å²) >= 11 is 0. The molecule has 0 bridgehead atoms. The molecule has 0 N–H and O–H groups in total. The second-order valence-electron chi connectivity index (χ2n) is 3.88. The van der Waals surface area contributed by atoms with Gasteiger partial charge in [0.2, 0.25) is 0 Å². The van der Waals surface area contributed by atoms with Crippen LogP contribution in [0.3, 0.4) is 0 Å². The Kier molecular flexibility index (Phi) is 3.56. The summed E-state index contributed by atoms with van der Waals surface area (Å²) in [5, 5.41) is 1.19. The summed E-state index contributed by atoms with van der Waals surface area (Å²) in [6, 6.07) is 12.4. The van der Waals surface area contributed by atoms with Crippen molar-refractivity contribution in [2.24, 2.45) is 0 Å². The lowest BCUT2D eigenvalue weighted by Gasteiger charge is -2.02. The van der Waals surface area contributed by atoms with Gasteiger partial charge < -0.3 is 0 Å². The summed E-state index contributed by atoms with van der Waals surface area (Å²) in [7, 11) is 0. The van der Waals surface area contributed by atoms with Gasteiger partial charge in [-0.1, -0.05) is 30.2 Å². The standard InChI is InChI=1S/C15H14N/c1-2-3-4-5-9-14-12-11-13-8-6-7-10-15(13)16-14/h6-8,10-12H,3-5,9H2. The Morgan fingerprint density at radius 3 is 2.81 bits per heavy atom. The van der Waals surface area contributed by atoms with Gasteiger partial charge in [0, 0.05) is 17.5 Å². The molecule has 2 rings (SSSR count). The largest absolute Gasteiger partial charge is 0.253 e. The second kappa shape index (κ2) is 5.32. The Morgan fingerprint density at radius 2 is 1.94 bits per heavy atom. The Morgan fingerprint density at radius 1 is 1.06 bits per heavy atom. The minimum Gasteiger partial charge on any atom is -0.253 e. The Balaban J connectivity index is 2.05. The molecule has 0 atom stereocenters. The summed E-state index contributed by atoms with van der Waals surface area (Å²) in [5.74, 6) is 2.41. The third kappa shape index (κ3) is 2.61. The number of para-hydroxylation sites is 1. The van der Waals surface area contributed by atoms with Crippen LogP contribution in [0.2, 0.25) is 0 Å². The maximum atomic E-state index is 6.83. The number of fused-ring (bicyclic) bond motifs is 1. The van der Waals surface area contributed by atoms with E-state index in [-0.39, 0.29) is 0 Å². The van der Waals surface area contributed by atoms with Crippen molar-refractivity contribution in [1.82, 2.24) is 4.98 Å². The predicted molar refractivity (Wildman–Crippen MR) is 66.4 cm³/mol. The lowest BCUT2D eigenvalue weighted by Crippen LogP contribution is -1.90. The highest BCUT2D eigenvalue weighted by atomic mass is 14.7. The summed E-state index contributed by atoms with van der Waals surface area (Å²) < 4.78 is 0. The summed E-state index contributed by atoms with van der Waals surface area (Å²) in [6.07, 6.45) is 10.7. The molecule has 0 unspecified atom stereocenters. The first-order valence-electron chi connectivity index (χ1n) is 5.64. The van der Waals surface area contributed by atoms with Gasteiger partial charge in [-0.25, -0.2) is 0 Å². The van der Waals surface area contributed by atoms with Crippen LogP contribution >= 0.6 is 0 Å². The smallest absolute Gasteiger partial charge is 0.0705 e. The van der Waals surface area contributed by atoms with Gasteiger partial charge in [0.15, 0.2) is 0 Å². The number of pyridine rings is 1. The number of hydrogen-bond donors (Lipinski definition) is 0. The fourth-order valence-electron chi connectivity index (χ4n) is 1.77. The van der Waals surface area contributed by atoms with Crippen LogP contribution in [0.4, 0.5) is 0 Å². The Hall–Kier alpha value is -1.81. The zero-order valence-corrected chi connectivity index (χ0v) is 9.24. The molecule has 0 fully saturated rings. The summed E-state index contributed by atoms with van der Waals surface area (Å²) in [4.78, 5) is 4.61. The van der Waals surface area contributed by atoms with Gasteiger partial charge in [-0.3, -0.25) is 4.98 Å². The van der Waals surface area contributed by atoms with Crippen molar-refractivity contribution in [3.8, 4) is 5.92 Å². The van der Waals surface area contributed by atoms with Crippen LogP contribution in [0.1, 0.15) is 25.0 Å². The molecular weight excluding hydrogens is 194 g/mol. The highest BCUT2D eigenvalue weighted by Gasteiger charge is 1.97. The SMILES string of the molecule is [C]#CCCCCc1ccc2ccccc2n1. The number of hydrogen-bond acceptors (Lipinski definition) is 1. The topological polar surface area (TPSA) is 12.9 Å². The van der Waals surface area contributed by atoms with Crippen molar-refractivity contribution in [3.63, 3.8) is 0 Å². The van der Waals surface area contributed by atoms with Crippen molar-refractivity contribution in [2.75, 3.05) is 0 Å². The van der Waals surface area contributed by atoms with Gasteiger partial charge in [0.1, 0.15) is 0 Å². The Bertz CT molecular complexity index is 508. The highest BCUT2D eigenvalue weighted by molar-refractivity contribution is 5.78. The van der Waals surface area contributed by atoms with E-state index in [1.165, 1.54) is 5.39 Å². The molecular formula is C15H14N. The van der Waals surface area contributed by atoms with E-state index in [4.69, 9.17) is 6.42 Å². The van der Waals surface area contributed by atoms with Crippen molar-refractivity contribution >= 4 is 10.9 Å². The molecule has 79 valence electrons. The van der Waals surface area contributed by atoms with Crippen LogP contribution in [0.15, 0.2) is 36.4 Å². The average Bonchev–Trinajstić information content (AvgIpc) is 2.34. The molecule has 1 heterocycles. The maximum absolute atomic E-state index is 6.83. The van der Waals surface area contributed by atoms with Gasteiger partial charge in [-0.15, -0.1) is 0 Å². The van der Waals surface area contributed by atoms with Crippen LogP contribution in [0.5, 0.6) is 0 Å². The summed E-state index contributed by atoms with van der Waals surface area (Å²) in [5.41, 5.74) is 2.21. The van der Waals surface area contributed by atoms with Crippen LogP contribution in [0, 0.1) is 12.3 Å². The fraction of sp³-hybridized carbons (Fsp3) is 0.267. The monoisotopic (exact) mass is 208 g/mol. The van der Waals surface area contributed by atoms with E-state index >= 15 is 0 Å². The molecule has 0 saturated heterocycles. The normalized spacial score (nSPS) is 10.2. The van der Waals surface area contributed by atoms with E-state index in [9.17, 15) is 0 Å². The van der Waals surface area contributed by atoms with Crippen LogP contribution in [0.25, 0.3) is 10.9 Å². The third-order valence-corrected chi connectivity index (χ3v) is 2.64. The first-order chi connectivity index (χ1) is 7.90. The first-order valence-corrected chi connectivity index (χ1v) is 5.64. The van der Waals surface area contributed by atoms with E-state index in [1.807, 2.05) is 18.2 Å². The van der Waals surface area contributed by atoms with Crippen LogP contribution in [-0.2, 0) is 6.42 Å². The molecule has 16 heavy (non-hydrogen) atoms. The number of aromatic nitrogens is 1. The van der Waals surface area contributed by atoms with E-state index in [2.05, 4.69) is 29.1 Å². The van der Waals surface area contributed by atoms with Crippen molar-refractivity contribution in [2.45, 2.75) is 25.7 Å². The van der Waals surface area contributed by atoms with Crippen LogP contribution < -0.4 is 0 Å². The zero-order valence-electron chi connectivity index (χ0n) is 9.24. The van der Waals surface area contributed by atoms with Crippen molar-refractivity contribution in [1.29, 1.82) is 0 Å². The molecule has 0 aliphatic carbocycles. The van der Waals surface area contributed by atoms with Gasteiger partial charge in [-0.2, -0.15) is 0 Å². The average molecular weight is 208 g/mol. The van der Waals surface area contributed by atoms with Gasteiger partial charge in [0.25, 0.3) is 0 Å². The molecule has 1 heteroatoms. The van der Waals surface area contributed by atoms with Gasteiger partial charge >= 0.3 is 0 Å². The molecule has 1 nitrogen and oxygen atoms in total. The van der Waals surface area contributed by atoms with Gasteiger partial charge in [-0.05, 0) is 37.8 Å². The first kappa shape index (κ1) is 10.7. The van der Waals surface area contributed by atoms with E-state index < -0.39 is 0 Å². The number of benzene rings is 1. The number of nitrogens with zero attached hydrogens (tertiary/aromatic N) is 1. The molecule has 0 spiro atoms. The Labute approximate surface area is 96.5 Å². The van der Waals surface area contributed by atoms with Crippen molar-refractivity contribution < 1.29 is 0 Å². The lowest BCUT2D eigenvalue weighted by atomic mass is 10.1. The molecule has 0 aliphatic heterocycles. The molecule has 0 amide bonds. The fourth-order valence-corrected chi connectivity index (χ4v) is 1.77. The lowest BCUT2D eigenvalue weighted by molar-refractivity contribution is 0.745. The number of aryl methyl sites for hydroxylation is 1. The molecule has 1 radical (unpaired) electrons. The minimum atomic E-state index is 0.758. The zero-order chi connectivity index (χ0) is 11.2. The van der Waals surface area contributed by atoms with E-state index in [0.717, 1.165) is 36.9 Å². The van der Waals surface area contributed by atoms with Crippen LogP contribution in [-0.4, -0.2) is 4.98 Å². The third-order valence-electron chi connectivity index (χ3n) is 2.64. The predicted octanol–water partition coefficient (Wildman–Crippen LogP) is 3.54. The van der Waals surface area contributed by atoms with Gasteiger partial charge in [0.05, 0.1) is 5.52 Å². The molecule has 0 saturated carbocycles.